The highest BCUT2D eigenvalue weighted by molar-refractivity contribution is 8.15. The lowest BCUT2D eigenvalue weighted by molar-refractivity contribution is -0.382. The zero-order valence-electron chi connectivity index (χ0n) is 31.2. The van der Waals surface area contributed by atoms with Crippen LogP contribution in [0.4, 0.5) is 26.3 Å². The van der Waals surface area contributed by atoms with Gasteiger partial charge in [-0.25, -0.2) is 0 Å². The Labute approximate surface area is 336 Å². The highest BCUT2D eigenvalue weighted by Gasteiger charge is 2.76. The Morgan fingerprint density at radius 3 is 1.35 bits per heavy atom. The van der Waals surface area contributed by atoms with Crippen LogP contribution in [0.3, 0.4) is 0 Å². The summed E-state index contributed by atoms with van der Waals surface area (Å²) in [6.07, 6.45) is -6.14. The van der Waals surface area contributed by atoms with Crippen molar-refractivity contribution in [2.24, 2.45) is 60.9 Å². The number of halogens is 6. The van der Waals surface area contributed by atoms with Crippen molar-refractivity contribution in [1.29, 1.82) is 0 Å². The first-order chi connectivity index (χ1) is 26.1. The van der Waals surface area contributed by atoms with Crippen molar-refractivity contribution in [3.05, 3.63) is 0 Å². The van der Waals surface area contributed by atoms with Crippen LogP contribution in [0.25, 0.3) is 0 Å². The minimum atomic E-state index is -5.35. The predicted molar refractivity (Wildman–Crippen MR) is 214 cm³/mol. The summed E-state index contributed by atoms with van der Waals surface area (Å²) >= 11 is 7.05. The molecule has 0 saturated heterocycles. The van der Waals surface area contributed by atoms with Gasteiger partial charge in [0.15, 0.2) is 5.41 Å². The number of fused-ring (bicyclic) bond motifs is 4. The highest BCUT2D eigenvalue weighted by Crippen LogP contribution is 2.65. The molecule has 4 aliphatic heterocycles. The molecule has 9 aliphatic rings. The number of aliphatic hydroxyl groups excluding tert-OH is 2. The molecule has 0 bridgehead atoms. The van der Waals surface area contributed by atoms with Crippen LogP contribution in [0, 0.1) is 40.9 Å². The molecule has 6 nitrogen and oxygen atoms in total. The van der Waals surface area contributed by atoms with E-state index in [1.807, 2.05) is 18.7 Å². The van der Waals surface area contributed by atoms with E-state index in [-0.39, 0.29) is 78.0 Å². The third kappa shape index (κ3) is 7.11. The largest absolute Gasteiger partial charge is 0.403 e. The van der Waals surface area contributed by atoms with E-state index < -0.39 is 41.8 Å². The Bertz CT molecular complexity index is 1590. The standard InChI is InChI=1S/C39H52F6N4O2S4/c1-17-3-7-20(8-4-17)37(38(40,41)42,39(43,44)45)21-9-5-19(6-10-21)34-47-25-15-33-27(16-31(25)53-34)49-36(55-33)23-12-28(50)22(11-29(23)51)35-48-26-14-30-24(13-32(26)54-35)46-18(2)52-30/h17,19-33,50-51H,3-16H2,1-2H3. The quantitative estimate of drug-likeness (QED) is 0.268. The first-order valence-corrected chi connectivity index (χ1v) is 24.0. The number of hydrogen-bond acceptors (Lipinski definition) is 10. The van der Waals surface area contributed by atoms with Gasteiger partial charge >= 0.3 is 12.4 Å². The summed E-state index contributed by atoms with van der Waals surface area (Å²) in [6.45, 7) is 4.00. The van der Waals surface area contributed by atoms with Crippen LogP contribution in [0.5, 0.6) is 0 Å². The summed E-state index contributed by atoms with van der Waals surface area (Å²) in [5.74, 6) is -3.21. The Kier molecular flexibility index (Phi) is 10.9. The van der Waals surface area contributed by atoms with Gasteiger partial charge in [0, 0.05) is 38.8 Å². The summed E-state index contributed by atoms with van der Waals surface area (Å²) < 4.78 is 88.9. The smallest absolute Gasteiger partial charge is 0.392 e. The van der Waals surface area contributed by atoms with Gasteiger partial charge in [-0.2, -0.15) is 26.3 Å². The second kappa shape index (κ2) is 14.9. The number of alkyl halides is 6. The number of aliphatic imine (C=N–C) groups is 4. The second-order valence-corrected chi connectivity index (χ2v) is 23.3. The molecule has 2 N–H and O–H groups in total. The number of aliphatic hydroxyl groups is 2. The first kappa shape index (κ1) is 40.0. The van der Waals surface area contributed by atoms with Crippen LogP contribution in [0.2, 0.25) is 0 Å². The summed E-state index contributed by atoms with van der Waals surface area (Å²) in [7, 11) is 0. The van der Waals surface area contributed by atoms with Gasteiger partial charge in [-0.3, -0.25) is 20.0 Å². The molecule has 12 atom stereocenters. The van der Waals surface area contributed by atoms with Crippen LogP contribution >= 0.6 is 47.0 Å². The monoisotopic (exact) mass is 850 g/mol. The maximum Gasteiger partial charge on any atom is 0.403 e. The minimum Gasteiger partial charge on any atom is -0.392 e. The van der Waals surface area contributed by atoms with E-state index in [9.17, 15) is 36.6 Å². The molecule has 0 aromatic heterocycles. The summed E-state index contributed by atoms with van der Waals surface area (Å²) in [5.41, 5.74) is -3.65. The summed E-state index contributed by atoms with van der Waals surface area (Å²) in [6, 6.07) is 0.735. The summed E-state index contributed by atoms with van der Waals surface area (Å²) in [4.78, 5) is 20.2. The van der Waals surface area contributed by atoms with E-state index in [4.69, 9.17) is 20.0 Å². The molecule has 0 spiro atoms. The Morgan fingerprint density at radius 2 is 0.891 bits per heavy atom. The molecule has 306 valence electrons. The molecule has 9 rings (SSSR count). The normalized spacial score (nSPS) is 46.2. The third-order valence-electron chi connectivity index (χ3n) is 14.8. The molecule has 5 saturated carbocycles. The SMILES string of the molecule is CC1=NC2CC3SC(C4CC(O)C(C5=NC6CC7SC(C8CCC(C(C9CCC(C)CC9)(C(F)(F)F)C(F)(F)F)CC8)=NC7CC6S5)CC4O)=NC3CC2S1. The molecule has 5 aliphatic carbocycles. The van der Waals surface area contributed by atoms with E-state index in [0.29, 0.717) is 55.1 Å². The average Bonchev–Trinajstić information content (AvgIpc) is 3.90. The van der Waals surface area contributed by atoms with Crippen LogP contribution < -0.4 is 0 Å². The maximum absolute atomic E-state index is 14.8. The minimum absolute atomic E-state index is 0.0243. The predicted octanol–water partition coefficient (Wildman–Crippen LogP) is 9.62. The topological polar surface area (TPSA) is 89.9 Å². The zero-order valence-corrected chi connectivity index (χ0v) is 34.5. The zero-order chi connectivity index (χ0) is 38.6. The fraction of sp³-hybridized carbons (Fsp3) is 0.897. The van der Waals surface area contributed by atoms with Gasteiger partial charge in [-0.15, -0.1) is 47.0 Å². The molecule has 55 heavy (non-hydrogen) atoms. The van der Waals surface area contributed by atoms with Gasteiger partial charge in [0.05, 0.1) is 56.6 Å². The van der Waals surface area contributed by atoms with Crippen molar-refractivity contribution < 1.29 is 36.6 Å². The average molecular weight is 851 g/mol. The molecule has 4 heterocycles. The van der Waals surface area contributed by atoms with E-state index in [2.05, 4.69) is 6.92 Å². The molecule has 0 amide bonds. The van der Waals surface area contributed by atoms with Crippen molar-refractivity contribution >= 4 is 67.2 Å². The molecular formula is C39H52F6N4O2S4. The molecule has 12 unspecified atom stereocenters. The number of hydrogen-bond donors (Lipinski definition) is 2. The van der Waals surface area contributed by atoms with Gasteiger partial charge in [-0.05, 0) is 102 Å². The Balaban J connectivity index is 0.800. The van der Waals surface area contributed by atoms with Gasteiger partial charge in [-0.1, -0.05) is 19.8 Å². The maximum atomic E-state index is 14.8. The van der Waals surface area contributed by atoms with Crippen LogP contribution in [0.1, 0.15) is 104 Å². The van der Waals surface area contributed by atoms with E-state index >= 15 is 0 Å². The summed E-state index contributed by atoms with van der Waals surface area (Å²) in [5, 5.41) is 28.2. The van der Waals surface area contributed by atoms with Gasteiger partial charge < -0.3 is 10.2 Å². The van der Waals surface area contributed by atoms with Gasteiger partial charge in [0.25, 0.3) is 0 Å². The van der Waals surface area contributed by atoms with E-state index in [1.165, 1.54) is 5.04 Å². The van der Waals surface area contributed by atoms with Crippen molar-refractivity contribution in [2.75, 3.05) is 0 Å². The second-order valence-electron chi connectivity index (χ2n) is 18.1. The van der Waals surface area contributed by atoms with Crippen LogP contribution in [-0.2, 0) is 0 Å². The molecule has 16 heteroatoms. The number of rotatable bonds is 5. The Hall–Kier alpha value is -0.420. The molecular weight excluding hydrogens is 799 g/mol. The fourth-order valence-electron chi connectivity index (χ4n) is 12.0. The number of nitrogens with zero attached hydrogens (tertiary/aromatic N) is 4. The molecule has 0 aromatic rings. The highest BCUT2D eigenvalue weighted by atomic mass is 32.2. The van der Waals surface area contributed by atoms with Gasteiger partial charge in [0.1, 0.15) is 0 Å². The molecule has 0 aromatic carbocycles. The van der Waals surface area contributed by atoms with E-state index in [0.717, 1.165) is 40.8 Å². The first-order valence-electron chi connectivity index (χ1n) is 20.5. The van der Waals surface area contributed by atoms with Crippen LogP contribution in [0.15, 0.2) is 20.0 Å². The molecule has 0 radical (unpaired) electrons. The lowest BCUT2D eigenvalue weighted by atomic mass is 9.56. The fourth-order valence-corrected chi connectivity index (χ4v) is 17.9. The molecule has 5 fully saturated rings. The van der Waals surface area contributed by atoms with Gasteiger partial charge in [0.2, 0.25) is 0 Å². The van der Waals surface area contributed by atoms with Crippen LogP contribution in [-0.4, -0.2) is 100 Å². The lowest BCUT2D eigenvalue weighted by Gasteiger charge is -2.51. The van der Waals surface area contributed by atoms with Crippen molar-refractivity contribution in [3.8, 4) is 0 Å². The van der Waals surface area contributed by atoms with E-state index in [1.54, 1.807) is 35.3 Å². The van der Waals surface area contributed by atoms with Crippen molar-refractivity contribution in [2.45, 2.75) is 173 Å². The third-order valence-corrected chi connectivity index (χ3v) is 20.5. The lowest BCUT2D eigenvalue weighted by Crippen LogP contribution is -2.60. The van der Waals surface area contributed by atoms with Crippen molar-refractivity contribution in [1.82, 2.24) is 0 Å². The Morgan fingerprint density at radius 1 is 0.509 bits per heavy atom. The van der Waals surface area contributed by atoms with Crippen molar-refractivity contribution in [3.63, 3.8) is 0 Å². The number of thioether (sulfide) groups is 4.